The summed E-state index contributed by atoms with van der Waals surface area (Å²) in [6.07, 6.45) is 1.60. The number of hydrogen-bond donors (Lipinski definition) is 2. The Morgan fingerprint density at radius 3 is 2.62 bits per heavy atom. The molecular weight excluding hydrogens is 275 g/mol. The summed E-state index contributed by atoms with van der Waals surface area (Å²) in [6.45, 7) is 3.27. The van der Waals surface area contributed by atoms with Gasteiger partial charge in [-0.25, -0.2) is 9.18 Å². The quantitative estimate of drug-likeness (QED) is 0.889. The topological polar surface area (TPSA) is 69.6 Å². The number of nitrogens with one attached hydrogen (secondary N) is 1. The maximum absolute atomic E-state index is 14.0. The number of aromatic carboxylic acids is 1. The molecule has 0 unspecified atom stereocenters. The first kappa shape index (κ1) is 15.3. The SMILES string of the molecule is CC(=O)NCC1CCN(c2c(F)cccc2C(=O)O)CC1. The maximum atomic E-state index is 14.0. The van der Waals surface area contributed by atoms with Crippen molar-refractivity contribution in [1.82, 2.24) is 5.32 Å². The smallest absolute Gasteiger partial charge is 0.337 e. The van der Waals surface area contributed by atoms with Crippen LogP contribution in [0.15, 0.2) is 18.2 Å². The second kappa shape index (κ2) is 6.56. The molecule has 1 fully saturated rings. The molecule has 0 spiro atoms. The molecule has 1 heterocycles. The fourth-order valence-electron chi connectivity index (χ4n) is 2.66. The monoisotopic (exact) mass is 294 g/mol. The van der Waals surface area contributed by atoms with Crippen LogP contribution in [-0.2, 0) is 4.79 Å². The Morgan fingerprint density at radius 1 is 1.38 bits per heavy atom. The van der Waals surface area contributed by atoms with Gasteiger partial charge in [0.25, 0.3) is 0 Å². The van der Waals surface area contributed by atoms with E-state index in [0.29, 0.717) is 25.6 Å². The lowest BCUT2D eigenvalue weighted by Crippen LogP contribution is -2.39. The number of nitrogens with zero attached hydrogens (tertiary/aromatic N) is 1. The first-order valence-corrected chi connectivity index (χ1v) is 7.00. The third-order valence-corrected chi connectivity index (χ3v) is 3.79. The number of rotatable bonds is 4. The van der Waals surface area contributed by atoms with Crippen LogP contribution in [0.3, 0.4) is 0 Å². The van der Waals surface area contributed by atoms with Gasteiger partial charge in [0, 0.05) is 26.6 Å². The Hall–Kier alpha value is -2.11. The van der Waals surface area contributed by atoms with Gasteiger partial charge in [0.2, 0.25) is 5.91 Å². The van der Waals surface area contributed by atoms with Gasteiger partial charge in [0.05, 0.1) is 11.3 Å². The van der Waals surface area contributed by atoms with E-state index < -0.39 is 11.8 Å². The van der Waals surface area contributed by atoms with E-state index in [9.17, 15) is 19.1 Å². The Bertz CT molecular complexity index is 540. The highest BCUT2D eigenvalue weighted by Crippen LogP contribution is 2.29. The van der Waals surface area contributed by atoms with Gasteiger partial charge in [-0.2, -0.15) is 0 Å². The standard InChI is InChI=1S/C15H19FN2O3/c1-10(19)17-9-11-5-7-18(8-6-11)14-12(15(20)21)3-2-4-13(14)16/h2-4,11H,5-9H2,1H3,(H,17,19)(H,20,21). The minimum atomic E-state index is -1.12. The molecule has 0 bridgehead atoms. The number of piperidine rings is 1. The third kappa shape index (κ3) is 3.71. The third-order valence-electron chi connectivity index (χ3n) is 3.79. The van der Waals surface area contributed by atoms with Crippen LogP contribution in [-0.4, -0.2) is 36.6 Å². The van der Waals surface area contributed by atoms with Crippen LogP contribution in [0.1, 0.15) is 30.1 Å². The molecule has 1 aromatic carbocycles. The molecule has 21 heavy (non-hydrogen) atoms. The lowest BCUT2D eigenvalue weighted by Gasteiger charge is -2.34. The van der Waals surface area contributed by atoms with Gasteiger partial charge in [0.1, 0.15) is 5.82 Å². The summed E-state index contributed by atoms with van der Waals surface area (Å²) in [4.78, 5) is 23.9. The Balaban J connectivity index is 2.06. The van der Waals surface area contributed by atoms with Crippen molar-refractivity contribution in [2.45, 2.75) is 19.8 Å². The first-order valence-electron chi connectivity index (χ1n) is 7.00. The van der Waals surface area contributed by atoms with Crippen molar-refractivity contribution in [3.8, 4) is 0 Å². The maximum Gasteiger partial charge on any atom is 0.337 e. The summed E-state index contributed by atoms with van der Waals surface area (Å²) >= 11 is 0. The van der Waals surface area contributed by atoms with Gasteiger partial charge in [-0.05, 0) is 30.9 Å². The Kier molecular flexibility index (Phi) is 4.77. The van der Waals surface area contributed by atoms with E-state index in [2.05, 4.69) is 5.32 Å². The zero-order valence-electron chi connectivity index (χ0n) is 11.9. The van der Waals surface area contributed by atoms with E-state index in [1.165, 1.54) is 25.1 Å². The number of carboxylic acid groups (broad SMARTS) is 1. The Morgan fingerprint density at radius 2 is 2.05 bits per heavy atom. The molecule has 6 heteroatoms. The van der Waals surface area contributed by atoms with Crippen LogP contribution < -0.4 is 10.2 Å². The molecular formula is C15H19FN2O3. The molecule has 1 aromatic rings. The van der Waals surface area contributed by atoms with Gasteiger partial charge in [0.15, 0.2) is 0 Å². The first-order chi connectivity index (χ1) is 9.99. The Labute approximate surface area is 122 Å². The van der Waals surface area contributed by atoms with Crippen LogP contribution in [0, 0.1) is 11.7 Å². The molecule has 0 aromatic heterocycles. The number of carbonyl (C=O) groups is 2. The van der Waals surface area contributed by atoms with Crippen LogP contribution >= 0.6 is 0 Å². The minimum Gasteiger partial charge on any atom is -0.478 e. The summed E-state index contributed by atoms with van der Waals surface area (Å²) in [5.41, 5.74) is 0.165. The van der Waals surface area contributed by atoms with E-state index >= 15 is 0 Å². The van der Waals surface area contributed by atoms with Crippen molar-refractivity contribution in [2.75, 3.05) is 24.5 Å². The van der Waals surface area contributed by atoms with Crippen molar-refractivity contribution in [3.63, 3.8) is 0 Å². The minimum absolute atomic E-state index is 0.00434. The summed E-state index contributed by atoms with van der Waals surface area (Å²) in [7, 11) is 0. The average Bonchev–Trinajstić information content (AvgIpc) is 2.45. The van der Waals surface area contributed by atoms with Gasteiger partial charge in [-0.1, -0.05) is 6.07 Å². The lowest BCUT2D eigenvalue weighted by atomic mass is 9.95. The lowest BCUT2D eigenvalue weighted by molar-refractivity contribution is -0.119. The van der Waals surface area contributed by atoms with Gasteiger partial charge in [-0.15, -0.1) is 0 Å². The number of benzene rings is 1. The van der Waals surface area contributed by atoms with Crippen LogP contribution in [0.2, 0.25) is 0 Å². The average molecular weight is 294 g/mol. The molecule has 5 nitrogen and oxygen atoms in total. The summed E-state index contributed by atoms with van der Waals surface area (Å²) in [5, 5.41) is 12.0. The number of para-hydroxylation sites is 1. The van der Waals surface area contributed by atoms with Crippen molar-refractivity contribution < 1.29 is 19.1 Å². The van der Waals surface area contributed by atoms with E-state index in [0.717, 1.165) is 12.8 Å². The van der Waals surface area contributed by atoms with Crippen molar-refractivity contribution in [3.05, 3.63) is 29.6 Å². The van der Waals surface area contributed by atoms with Crippen molar-refractivity contribution >= 4 is 17.6 Å². The number of halogens is 1. The molecule has 1 amide bonds. The number of amides is 1. The number of carboxylic acids is 1. The number of carbonyl (C=O) groups excluding carboxylic acids is 1. The summed E-state index contributed by atoms with van der Waals surface area (Å²) < 4.78 is 14.0. The van der Waals surface area contributed by atoms with E-state index in [4.69, 9.17) is 0 Å². The predicted octanol–water partition coefficient (Wildman–Crippen LogP) is 1.88. The molecule has 2 rings (SSSR count). The van der Waals surface area contributed by atoms with Gasteiger partial charge < -0.3 is 15.3 Å². The molecule has 1 aliphatic rings. The van der Waals surface area contributed by atoms with E-state index in [1.54, 1.807) is 4.90 Å². The highest BCUT2D eigenvalue weighted by atomic mass is 19.1. The molecule has 0 aliphatic carbocycles. The van der Waals surface area contributed by atoms with Crippen LogP contribution in [0.5, 0.6) is 0 Å². The molecule has 0 atom stereocenters. The number of anilines is 1. The zero-order chi connectivity index (χ0) is 15.4. The van der Waals surface area contributed by atoms with Crippen molar-refractivity contribution in [1.29, 1.82) is 0 Å². The second-order valence-corrected chi connectivity index (χ2v) is 5.31. The molecule has 0 saturated carbocycles. The highest BCUT2D eigenvalue weighted by molar-refractivity contribution is 5.94. The fourth-order valence-corrected chi connectivity index (χ4v) is 2.66. The second-order valence-electron chi connectivity index (χ2n) is 5.31. The fraction of sp³-hybridized carbons (Fsp3) is 0.467. The molecule has 1 aliphatic heterocycles. The highest BCUT2D eigenvalue weighted by Gasteiger charge is 2.25. The largest absolute Gasteiger partial charge is 0.478 e. The number of hydrogen-bond acceptors (Lipinski definition) is 3. The molecule has 1 saturated heterocycles. The van der Waals surface area contributed by atoms with Crippen molar-refractivity contribution in [2.24, 2.45) is 5.92 Å². The van der Waals surface area contributed by atoms with Crippen LogP contribution in [0.25, 0.3) is 0 Å². The van der Waals surface area contributed by atoms with Crippen LogP contribution in [0.4, 0.5) is 10.1 Å². The predicted molar refractivity (Wildman–Crippen MR) is 77.0 cm³/mol. The van der Waals surface area contributed by atoms with Gasteiger partial charge >= 0.3 is 5.97 Å². The van der Waals surface area contributed by atoms with Gasteiger partial charge in [-0.3, -0.25) is 4.79 Å². The van der Waals surface area contributed by atoms with E-state index in [-0.39, 0.29) is 17.2 Å². The molecule has 114 valence electrons. The normalized spacial score (nSPS) is 15.8. The molecule has 2 N–H and O–H groups in total. The van der Waals surface area contributed by atoms with E-state index in [1.807, 2.05) is 0 Å². The zero-order valence-corrected chi connectivity index (χ0v) is 11.9. The summed E-state index contributed by atoms with van der Waals surface area (Å²) in [5.74, 6) is -1.33. The summed E-state index contributed by atoms with van der Waals surface area (Å²) in [6, 6.07) is 4.11. The molecule has 0 radical (unpaired) electrons.